The molecular formula is C48H66N8O6S. The van der Waals surface area contributed by atoms with Crippen LogP contribution in [-0.4, -0.2) is 125 Å². The minimum absolute atomic E-state index is 0.0578. The van der Waals surface area contributed by atoms with Crippen LogP contribution < -0.4 is 10.7 Å². The quantitative estimate of drug-likeness (QED) is 0.175. The molecule has 1 aliphatic carbocycles. The van der Waals surface area contributed by atoms with Gasteiger partial charge in [-0.1, -0.05) is 33.8 Å². The third kappa shape index (κ3) is 9.32. The van der Waals surface area contributed by atoms with Crippen molar-refractivity contribution in [2.45, 2.75) is 105 Å². The summed E-state index contributed by atoms with van der Waals surface area (Å²) in [5.74, 6) is -0.749. The van der Waals surface area contributed by atoms with Gasteiger partial charge in [-0.15, -0.1) is 11.3 Å². The number of piperazine rings is 1. The van der Waals surface area contributed by atoms with E-state index >= 15 is 0 Å². The van der Waals surface area contributed by atoms with Gasteiger partial charge >= 0.3 is 5.97 Å². The number of carbonyl (C=O) groups excluding carboxylic acids is 3. The summed E-state index contributed by atoms with van der Waals surface area (Å²) < 4.78 is 21.3. The summed E-state index contributed by atoms with van der Waals surface area (Å²) in [6, 6.07) is 8.79. The van der Waals surface area contributed by atoms with Crippen LogP contribution in [0.15, 0.2) is 41.9 Å². The number of likely N-dealkylation sites (N-methyl/N-ethyl adjacent to an activating group) is 1. The van der Waals surface area contributed by atoms with E-state index in [0.717, 1.165) is 70.9 Å². The Morgan fingerprint density at radius 1 is 1.10 bits per heavy atom. The standard InChI is InChI=1S/C48H66N8O6S/c1-10-55-38-16-15-32-23-34(38)35(42(55)33-13-11-17-49-40(33)31(5)60-9)24-48(6,7)27-62-47(59)36-14-12-18-56(52-36)46(58)41(51-44(57)39-29(3)30(39)4)43(45-50-37(32)26-63-45)61-25-28(2)54-21-19-53(8)20-22-54/h11,13,15-17,23,26,28-31,36,39,41,43,52H,10,12,14,18-22,24-25,27H2,1-9H3,(H,51,57)/t28-,29-,30+,31+,36+,39?,41+,43+/m1/s1. The van der Waals surface area contributed by atoms with Gasteiger partial charge in [-0.3, -0.25) is 29.3 Å². The molecule has 2 saturated heterocycles. The average Bonchev–Trinajstić information content (AvgIpc) is 3.56. The van der Waals surface area contributed by atoms with Crippen molar-refractivity contribution in [3.63, 3.8) is 0 Å². The highest BCUT2D eigenvalue weighted by molar-refractivity contribution is 7.10. The molecule has 8 rings (SSSR count). The van der Waals surface area contributed by atoms with Gasteiger partial charge in [0.15, 0.2) is 0 Å². The molecule has 1 unspecified atom stereocenters. The number of amides is 2. The molecule has 0 spiro atoms. The van der Waals surface area contributed by atoms with E-state index in [0.29, 0.717) is 44.0 Å². The molecule has 4 aromatic rings. The van der Waals surface area contributed by atoms with Gasteiger partial charge in [0.05, 0.1) is 36.4 Å². The number of aromatic nitrogens is 3. The van der Waals surface area contributed by atoms with E-state index in [4.69, 9.17) is 24.2 Å². The van der Waals surface area contributed by atoms with Gasteiger partial charge in [-0.2, -0.15) is 0 Å². The second kappa shape index (κ2) is 18.7. The second-order valence-electron chi connectivity index (χ2n) is 19.1. The number of hydrazine groups is 1. The minimum atomic E-state index is -1.10. The van der Waals surface area contributed by atoms with Crippen LogP contribution in [0.2, 0.25) is 0 Å². The van der Waals surface area contributed by atoms with Gasteiger partial charge < -0.3 is 29.0 Å². The van der Waals surface area contributed by atoms with Crippen LogP contribution in [0, 0.1) is 23.2 Å². The first-order valence-corrected chi connectivity index (χ1v) is 23.7. The first-order valence-electron chi connectivity index (χ1n) is 22.9. The number of hydrogen-bond donors (Lipinski definition) is 2. The fraction of sp³-hybridized carbons (Fsp3) is 0.604. The lowest BCUT2D eigenvalue weighted by molar-refractivity contribution is -0.157. The van der Waals surface area contributed by atoms with Crippen molar-refractivity contribution in [2.24, 2.45) is 23.2 Å². The molecule has 1 aromatic carbocycles. The topological polar surface area (TPSA) is 143 Å². The molecule has 340 valence electrons. The fourth-order valence-electron chi connectivity index (χ4n) is 9.76. The van der Waals surface area contributed by atoms with Gasteiger partial charge in [0.25, 0.3) is 5.91 Å². The maximum Gasteiger partial charge on any atom is 0.324 e. The number of ether oxygens (including phenoxy) is 3. The molecular weight excluding hydrogens is 817 g/mol. The van der Waals surface area contributed by atoms with Crippen molar-refractivity contribution < 1.29 is 28.6 Å². The lowest BCUT2D eigenvalue weighted by Crippen LogP contribution is -2.61. The Balaban J connectivity index is 1.26. The molecule has 0 radical (unpaired) electrons. The Morgan fingerprint density at radius 2 is 1.86 bits per heavy atom. The molecule has 2 amide bonds. The third-order valence-corrected chi connectivity index (χ3v) is 15.0. The summed E-state index contributed by atoms with van der Waals surface area (Å²) in [5.41, 5.74) is 9.54. The van der Waals surface area contributed by atoms with E-state index in [-0.39, 0.29) is 48.3 Å². The van der Waals surface area contributed by atoms with Crippen molar-refractivity contribution in [1.82, 2.24) is 40.1 Å². The molecule has 8 atom stereocenters. The second-order valence-corrected chi connectivity index (χ2v) is 20.0. The zero-order chi connectivity index (χ0) is 44.7. The number of esters is 1. The van der Waals surface area contributed by atoms with Crippen LogP contribution in [0.25, 0.3) is 33.4 Å². The molecule has 3 aromatic heterocycles. The van der Waals surface area contributed by atoms with E-state index in [1.54, 1.807) is 7.11 Å². The molecule has 3 aliphatic heterocycles. The monoisotopic (exact) mass is 882 g/mol. The van der Waals surface area contributed by atoms with E-state index in [1.807, 2.05) is 24.6 Å². The van der Waals surface area contributed by atoms with Crippen LogP contribution >= 0.6 is 11.3 Å². The van der Waals surface area contributed by atoms with Crippen molar-refractivity contribution >= 4 is 40.0 Å². The van der Waals surface area contributed by atoms with E-state index in [1.165, 1.54) is 16.3 Å². The Kier molecular flexibility index (Phi) is 13.4. The lowest BCUT2D eigenvalue weighted by Gasteiger charge is -2.38. The van der Waals surface area contributed by atoms with Crippen LogP contribution in [0.5, 0.6) is 0 Å². The van der Waals surface area contributed by atoms with Crippen molar-refractivity contribution in [3.8, 4) is 22.5 Å². The largest absolute Gasteiger partial charge is 0.464 e. The maximum atomic E-state index is 15.0. The Bertz CT molecular complexity index is 2290. The number of aryl methyl sites for hydroxylation is 1. The number of thiazole rings is 1. The number of nitrogens with zero attached hydrogens (tertiary/aromatic N) is 6. The fourth-order valence-corrected chi connectivity index (χ4v) is 10.7. The number of fused-ring (bicyclic) bond motifs is 6. The zero-order valence-corrected chi connectivity index (χ0v) is 39.3. The molecule has 4 aliphatic rings. The number of pyridine rings is 1. The number of nitrogens with one attached hydrogen (secondary N) is 2. The number of rotatable bonds is 10. The number of benzene rings is 1. The van der Waals surface area contributed by atoms with Gasteiger partial charge in [-0.25, -0.2) is 10.4 Å². The Morgan fingerprint density at radius 3 is 2.57 bits per heavy atom. The van der Waals surface area contributed by atoms with Gasteiger partial charge in [0.2, 0.25) is 5.91 Å². The smallest absolute Gasteiger partial charge is 0.324 e. The predicted octanol–water partition coefficient (Wildman–Crippen LogP) is 6.26. The first-order chi connectivity index (χ1) is 30.2. The third-order valence-electron chi connectivity index (χ3n) is 14.0. The normalized spacial score (nSPS) is 26.8. The molecule has 6 heterocycles. The van der Waals surface area contributed by atoms with E-state index in [2.05, 4.69) is 98.0 Å². The summed E-state index contributed by atoms with van der Waals surface area (Å²) in [6.45, 7) is 20.0. The SMILES string of the molecule is CCn1c(-c2cccnc2[C@H](C)OC)c2c3cc(ccc31)-c1csc(n1)[C@@H](OC[C@@H](C)N1CCN(C)CC1)[C@H](NC(=O)C1[C@@H](C)[C@H]1C)C(=O)N1CCC[C@H](N1)C(=O)OCC(C)(C)C2. The van der Waals surface area contributed by atoms with Crippen LogP contribution in [0.1, 0.15) is 89.8 Å². The first kappa shape index (κ1) is 45.3. The maximum absolute atomic E-state index is 15.0. The summed E-state index contributed by atoms with van der Waals surface area (Å²) >= 11 is 1.44. The highest BCUT2D eigenvalue weighted by Gasteiger charge is 2.50. The van der Waals surface area contributed by atoms with Crippen molar-refractivity contribution in [2.75, 3.05) is 60.1 Å². The molecule has 6 bridgehead atoms. The average molecular weight is 883 g/mol. The predicted molar refractivity (Wildman–Crippen MR) is 245 cm³/mol. The lowest BCUT2D eigenvalue weighted by atomic mass is 9.84. The van der Waals surface area contributed by atoms with Crippen LogP contribution in [0.4, 0.5) is 0 Å². The van der Waals surface area contributed by atoms with Crippen molar-refractivity contribution in [1.29, 1.82) is 0 Å². The van der Waals surface area contributed by atoms with E-state index < -0.39 is 29.6 Å². The van der Waals surface area contributed by atoms with Crippen LogP contribution in [-0.2, 0) is 41.6 Å². The van der Waals surface area contributed by atoms with Crippen LogP contribution in [0.3, 0.4) is 0 Å². The number of hydrogen-bond acceptors (Lipinski definition) is 12. The highest BCUT2D eigenvalue weighted by atomic mass is 32.1. The molecule has 1 saturated carbocycles. The summed E-state index contributed by atoms with van der Waals surface area (Å²) in [7, 11) is 3.84. The number of carbonyl (C=O) groups is 3. The zero-order valence-electron chi connectivity index (χ0n) is 38.5. The van der Waals surface area contributed by atoms with E-state index in [9.17, 15) is 14.4 Å². The summed E-state index contributed by atoms with van der Waals surface area (Å²) in [6.07, 6.45) is 2.36. The molecule has 63 heavy (non-hydrogen) atoms. The highest BCUT2D eigenvalue weighted by Crippen LogP contribution is 2.46. The number of cyclic esters (lactones) is 1. The van der Waals surface area contributed by atoms with Gasteiger partial charge in [0, 0.05) is 97.4 Å². The molecule has 2 N–H and O–H groups in total. The van der Waals surface area contributed by atoms with Gasteiger partial charge in [0.1, 0.15) is 23.2 Å². The van der Waals surface area contributed by atoms with Gasteiger partial charge in [-0.05, 0) is 88.7 Å². The molecule has 3 fully saturated rings. The summed E-state index contributed by atoms with van der Waals surface area (Å²) in [5, 5.41) is 8.38. The van der Waals surface area contributed by atoms with Crippen molar-refractivity contribution in [3.05, 3.63) is 58.2 Å². The molecule has 15 heteroatoms. The summed E-state index contributed by atoms with van der Waals surface area (Å²) in [4.78, 5) is 57.9. The minimum Gasteiger partial charge on any atom is -0.464 e. The Hall–Kier alpha value is -4.25. The molecule has 14 nitrogen and oxygen atoms in total. The Labute approximate surface area is 376 Å². The number of methoxy groups -OCH3 is 1.